The van der Waals surface area contributed by atoms with Crippen LogP contribution < -0.4 is 30.6 Å². The third-order valence-electron chi connectivity index (χ3n) is 7.59. The van der Waals surface area contributed by atoms with Gasteiger partial charge in [-0.05, 0) is 80.8 Å². The number of hydrogen-bond donors (Lipinski definition) is 6. The molecule has 2 heterocycles. The van der Waals surface area contributed by atoms with Gasteiger partial charge in [0.05, 0.1) is 53.6 Å². The molecule has 2 aliphatic rings. The van der Waals surface area contributed by atoms with Crippen LogP contribution in [0.2, 0.25) is 5.02 Å². The summed E-state index contributed by atoms with van der Waals surface area (Å²) in [5, 5.41) is 25.0. The van der Waals surface area contributed by atoms with Gasteiger partial charge in [-0.25, -0.2) is 33.1 Å². The van der Waals surface area contributed by atoms with Gasteiger partial charge in [-0.15, -0.1) is 6.42 Å². The monoisotopic (exact) mass is 926 g/mol. The van der Waals surface area contributed by atoms with Crippen LogP contribution in [-0.4, -0.2) is 93.3 Å². The van der Waals surface area contributed by atoms with Gasteiger partial charge in [-0.2, -0.15) is 5.10 Å². The van der Waals surface area contributed by atoms with Gasteiger partial charge in [-0.3, -0.25) is 24.7 Å². The van der Waals surface area contributed by atoms with E-state index in [-0.39, 0.29) is 39.1 Å². The number of aliphatic carboxylic acids is 1. The summed E-state index contributed by atoms with van der Waals surface area (Å²) in [5.74, 6) is -3.24. The quantitative estimate of drug-likeness (QED) is 0.0375. The molecule has 2 atom stereocenters. The third kappa shape index (κ3) is 17.3. The fourth-order valence-electron chi connectivity index (χ4n) is 5.11. The molecule has 0 bridgehead atoms. The highest BCUT2D eigenvalue weighted by Gasteiger charge is 2.41. The molecule has 334 valence electrons. The van der Waals surface area contributed by atoms with Crippen LogP contribution in [0, 0.1) is 29.8 Å². The van der Waals surface area contributed by atoms with Crippen molar-refractivity contribution in [2.45, 2.75) is 45.6 Å². The first kappa shape index (κ1) is 52.4. The fourth-order valence-corrected chi connectivity index (χ4v) is 5.70. The summed E-state index contributed by atoms with van der Waals surface area (Å²) < 4.78 is 55.8. The number of nitrogens with zero attached hydrogens (tertiary/aromatic N) is 3. The van der Waals surface area contributed by atoms with Gasteiger partial charge in [0.15, 0.2) is 6.10 Å². The normalized spacial score (nSPS) is 14.6. The summed E-state index contributed by atoms with van der Waals surface area (Å²) in [5.41, 5.74) is 2.96. The van der Waals surface area contributed by atoms with E-state index in [1.807, 2.05) is 5.32 Å². The van der Waals surface area contributed by atoms with Crippen molar-refractivity contribution in [2.24, 2.45) is 5.10 Å². The maximum Gasteiger partial charge on any atom is 0.339 e. The highest BCUT2D eigenvalue weighted by Crippen LogP contribution is 2.39. The smallest absolute Gasteiger partial charge is 0.339 e. The predicted octanol–water partition coefficient (Wildman–Crippen LogP) is 4.89. The van der Waals surface area contributed by atoms with E-state index in [4.69, 9.17) is 37.9 Å². The number of hydrazone groups is 1. The Hall–Kier alpha value is -5.75. The van der Waals surface area contributed by atoms with Crippen LogP contribution in [0.4, 0.5) is 29.3 Å². The van der Waals surface area contributed by atoms with E-state index in [2.05, 4.69) is 45.5 Å². The van der Waals surface area contributed by atoms with E-state index in [9.17, 15) is 46.6 Å². The molecule has 2 unspecified atom stereocenters. The number of benzene rings is 2. The minimum atomic E-state index is -4.35. The summed E-state index contributed by atoms with van der Waals surface area (Å²) in [4.78, 5) is 80.4. The lowest BCUT2D eigenvalue weighted by Gasteiger charge is -2.19. The Balaban J connectivity index is 0.000000329. The van der Waals surface area contributed by atoms with Crippen molar-refractivity contribution in [1.29, 1.82) is 0 Å². The number of aromatic nitrogens is 1. The predicted molar refractivity (Wildman–Crippen MR) is 226 cm³/mol. The number of hydrogen-bond acceptors (Lipinski definition) is 11. The van der Waals surface area contributed by atoms with Gasteiger partial charge in [0.1, 0.15) is 36.5 Å². The topological polar surface area (TPSA) is 260 Å². The van der Waals surface area contributed by atoms with E-state index < -0.39 is 73.8 Å². The molecule has 23 heteroatoms. The van der Waals surface area contributed by atoms with Crippen molar-refractivity contribution >= 4 is 77.0 Å². The zero-order valence-corrected chi connectivity index (χ0v) is 36.3. The van der Waals surface area contributed by atoms with Gasteiger partial charge in [0.2, 0.25) is 0 Å². The lowest BCUT2D eigenvalue weighted by molar-refractivity contribution is -0.193. The summed E-state index contributed by atoms with van der Waals surface area (Å²) in [7, 11) is -3.71. The zero-order valence-electron chi connectivity index (χ0n) is 33.8. The number of carbonyl (C=O) groups is 5. The highest BCUT2D eigenvalue weighted by molar-refractivity contribution is 7.94. The fraction of sp³-hybridized carbons (Fsp3) is 0.308. The Morgan fingerprint density at radius 1 is 1.06 bits per heavy atom. The molecule has 6 N–H and O–H groups in total. The Bertz CT molecular complexity index is 2250. The number of imide groups is 1. The van der Waals surface area contributed by atoms with Crippen LogP contribution in [0.15, 0.2) is 64.9 Å². The van der Waals surface area contributed by atoms with E-state index in [0.29, 0.717) is 40.9 Å². The lowest BCUT2D eigenvalue weighted by atomic mass is 9.93. The molecule has 2 aromatic carbocycles. The number of carboxylic acid groups (broad SMARTS) is 2. The largest absolute Gasteiger partial charge is 0.778 e. The summed E-state index contributed by atoms with van der Waals surface area (Å²) in [6, 6.07) is 6.75. The molecule has 0 saturated heterocycles. The van der Waals surface area contributed by atoms with Gasteiger partial charge >= 0.3 is 18.0 Å². The Morgan fingerprint density at radius 3 is 2.13 bits per heavy atom. The number of nitrogens with one attached hydrogen (secondary N) is 3. The average Bonchev–Trinajstić information content (AvgIpc) is 3.42. The molecule has 0 radical (unpaired) electrons. The number of carbonyl (C=O) groups excluding carboxylic acids is 3. The molecule has 0 fully saturated rings. The molecular formula is C39H43ClF3N6O11PS. The molecule has 17 nitrogen and oxygen atoms in total. The standard InChI is InChI=1S/C18H15ClFNO3.C15H12F2N4O3.C3H8NO5P.C3H9S/c1-3-10(2)24-16-9-15(14(20)8-13(16)19)21-17(22)11-6-4-5-7-12(11)18(21)23;1-8(13-12(14(22)23)3-2-4-18-13)20-21-15(24)19-11-6-9(16)5-10(17)7-11;5-3(6)1-4-2-10(7,8)9;1-4(2)3/h1,8-10H,4-7H2,2H3;2-7H,1H3,(H,22,23)(H2,19,21,24);4H,1-2H2,(H,5,6)(H2,7,8,9);1-3H3/q;;;+1/p-1/b;20-8+;;. The minimum Gasteiger partial charge on any atom is -0.778 e. The summed E-state index contributed by atoms with van der Waals surface area (Å²) in [6.45, 7) is 2.61. The van der Waals surface area contributed by atoms with E-state index in [1.165, 1.54) is 31.3 Å². The van der Waals surface area contributed by atoms with Crippen LogP contribution in [0.25, 0.3) is 0 Å². The second-order valence-electron chi connectivity index (χ2n) is 13.2. The second-order valence-corrected chi connectivity index (χ2v) is 17.7. The van der Waals surface area contributed by atoms with E-state index in [0.717, 1.165) is 35.9 Å². The molecule has 5 rings (SSSR count). The van der Waals surface area contributed by atoms with Crippen LogP contribution >= 0.6 is 19.2 Å². The summed E-state index contributed by atoms with van der Waals surface area (Å²) >= 11 is 5.97. The number of pyridine rings is 1. The molecular weight excluding hydrogens is 884 g/mol. The number of halogens is 4. The van der Waals surface area contributed by atoms with Crippen LogP contribution in [0.1, 0.15) is 55.6 Å². The molecule has 3 aromatic rings. The van der Waals surface area contributed by atoms with Gasteiger partial charge in [0.25, 0.3) is 11.8 Å². The lowest BCUT2D eigenvalue weighted by Crippen LogP contribution is -2.32. The first-order valence-electron chi connectivity index (χ1n) is 17.9. The molecule has 0 saturated carbocycles. The molecule has 62 heavy (non-hydrogen) atoms. The van der Waals surface area contributed by atoms with E-state index >= 15 is 0 Å². The Labute approximate surface area is 362 Å². The van der Waals surface area contributed by atoms with Crippen molar-refractivity contribution in [1.82, 2.24) is 15.7 Å². The van der Waals surface area contributed by atoms with Crippen molar-refractivity contribution in [2.75, 3.05) is 41.8 Å². The Morgan fingerprint density at radius 2 is 1.63 bits per heavy atom. The molecule has 4 amide bonds. The number of rotatable bonds is 11. The Kier molecular flexibility index (Phi) is 20.8. The van der Waals surface area contributed by atoms with E-state index in [1.54, 1.807) is 6.92 Å². The maximum absolute atomic E-state index is 14.4. The zero-order chi connectivity index (χ0) is 46.9. The number of amides is 4. The molecule has 1 aromatic heterocycles. The van der Waals surface area contributed by atoms with Crippen LogP contribution in [0.5, 0.6) is 5.75 Å². The van der Waals surface area contributed by atoms with Crippen LogP contribution in [0.3, 0.4) is 0 Å². The second kappa shape index (κ2) is 24.6. The maximum atomic E-state index is 14.4. The third-order valence-corrected chi connectivity index (χ3v) is 8.50. The van der Waals surface area contributed by atoms with Crippen molar-refractivity contribution in [3.8, 4) is 18.1 Å². The van der Waals surface area contributed by atoms with Crippen molar-refractivity contribution < 1.29 is 66.4 Å². The molecule has 1 aliphatic carbocycles. The number of anilines is 2. The molecule has 0 spiro atoms. The molecule has 1 aliphatic heterocycles. The number of urea groups is 1. The van der Waals surface area contributed by atoms with Gasteiger partial charge < -0.3 is 34.6 Å². The number of carboxylic acids is 2. The SMILES string of the molecule is C#CC(C)Oc1cc(N2C(=O)C3=C(CCCC3)C2=O)c(F)cc1Cl.C/C(=N\NC(=O)Nc1cc(F)cc(F)c1)c1ncccc1C(=O)O.C[S+](C)C.O=C(O)CNCP(=O)([O-])O. The minimum absolute atomic E-state index is 0.0233. The first-order valence-corrected chi connectivity index (χ1v) is 22.5. The van der Waals surface area contributed by atoms with Gasteiger partial charge in [-0.1, -0.05) is 17.5 Å². The number of terminal acetylenes is 1. The first-order chi connectivity index (χ1) is 28.9. The number of aromatic carboxylic acids is 1. The average molecular weight is 927 g/mol. The highest BCUT2D eigenvalue weighted by atomic mass is 35.5. The number of ether oxygens (including phenoxy) is 1. The van der Waals surface area contributed by atoms with Gasteiger partial charge in [0, 0.05) is 35.2 Å². The summed E-state index contributed by atoms with van der Waals surface area (Å²) in [6.07, 6.45) is 14.7. The van der Waals surface area contributed by atoms with Crippen molar-refractivity contribution in [3.63, 3.8) is 0 Å². The van der Waals surface area contributed by atoms with Crippen molar-refractivity contribution in [3.05, 3.63) is 93.5 Å². The van der Waals surface area contributed by atoms with Crippen LogP contribution in [-0.2, 0) is 29.8 Å².